The Bertz CT molecular complexity index is 1010. The second kappa shape index (κ2) is 12.2. The number of benzene rings is 1. The zero-order valence-electron chi connectivity index (χ0n) is 20.8. The molecule has 1 aromatic heterocycles. The van der Waals surface area contributed by atoms with Crippen LogP contribution in [0.5, 0.6) is 11.5 Å². The van der Waals surface area contributed by atoms with Crippen LogP contribution in [-0.2, 0) is 16.1 Å². The number of ether oxygens (including phenoxy) is 2. The van der Waals surface area contributed by atoms with Gasteiger partial charge in [-0.2, -0.15) is 0 Å². The number of aryl methyl sites for hydroxylation is 1. The van der Waals surface area contributed by atoms with Gasteiger partial charge in [0.1, 0.15) is 0 Å². The molecule has 2 aromatic rings. The normalized spacial score (nSPS) is 21.1. The molecule has 1 fully saturated rings. The molecule has 1 aromatic carbocycles. The van der Waals surface area contributed by atoms with E-state index >= 15 is 0 Å². The number of hydrogen-bond acceptors (Lipinski definition) is 7. The molecule has 0 bridgehead atoms. The first-order valence-electron chi connectivity index (χ1n) is 12.7. The molecular formula is C26H36N4O6. The minimum atomic E-state index is -0.869. The monoisotopic (exact) mass is 500 g/mol. The summed E-state index contributed by atoms with van der Waals surface area (Å²) in [6, 6.07) is 5.28. The van der Waals surface area contributed by atoms with E-state index in [2.05, 4.69) is 11.9 Å². The number of aliphatic hydroxyl groups excluding tert-OH is 1. The minimum absolute atomic E-state index is 0.0278. The minimum Gasteiger partial charge on any atom is -0.481 e. The molecule has 10 nitrogen and oxygen atoms in total. The lowest BCUT2D eigenvalue weighted by Crippen LogP contribution is -2.45. The third-order valence-electron chi connectivity index (χ3n) is 7.16. The van der Waals surface area contributed by atoms with Crippen molar-refractivity contribution in [2.75, 3.05) is 39.6 Å². The number of unbranched alkanes of at least 4 members (excludes halogenated alkanes) is 1. The van der Waals surface area contributed by atoms with Gasteiger partial charge in [0.05, 0.1) is 18.8 Å². The number of carboxylic acids is 1. The third-order valence-corrected chi connectivity index (χ3v) is 7.16. The van der Waals surface area contributed by atoms with E-state index in [1.165, 1.54) is 0 Å². The average Bonchev–Trinajstić information content (AvgIpc) is 3.62. The number of imidazole rings is 1. The molecule has 1 saturated heterocycles. The van der Waals surface area contributed by atoms with Crippen LogP contribution in [0.15, 0.2) is 36.9 Å². The number of carbonyl (C=O) groups is 2. The van der Waals surface area contributed by atoms with Gasteiger partial charge < -0.3 is 29.2 Å². The number of aromatic nitrogens is 2. The predicted octanol–water partition coefficient (Wildman–Crippen LogP) is 2.18. The summed E-state index contributed by atoms with van der Waals surface area (Å²) in [4.78, 5) is 33.9. The molecule has 196 valence electrons. The largest absolute Gasteiger partial charge is 0.481 e. The summed E-state index contributed by atoms with van der Waals surface area (Å²) < 4.78 is 12.9. The van der Waals surface area contributed by atoms with Gasteiger partial charge in [-0.3, -0.25) is 14.5 Å². The first-order valence-corrected chi connectivity index (χ1v) is 12.7. The van der Waals surface area contributed by atoms with Crippen LogP contribution in [0.4, 0.5) is 0 Å². The van der Waals surface area contributed by atoms with Crippen molar-refractivity contribution in [2.24, 2.45) is 5.92 Å². The molecule has 0 radical (unpaired) electrons. The van der Waals surface area contributed by atoms with E-state index in [-0.39, 0.29) is 37.8 Å². The fraction of sp³-hybridized carbons (Fsp3) is 0.577. The molecule has 2 N–H and O–H groups in total. The van der Waals surface area contributed by atoms with Gasteiger partial charge in [-0.15, -0.1) is 0 Å². The van der Waals surface area contributed by atoms with E-state index in [1.54, 1.807) is 17.4 Å². The van der Waals surface area contributed by atoms with E-state index in [9.17, 15) is 19.8 Å². The quantitative estimate of drug-likeness (QED) is 0.430. The van der Waals surface area contributed by atoms with Crippen LogP contribution in [0.25, 0.3) is 0 Å². The number of aliphatic carboxylic acids is 1. The predicted molar refractivity (Wildman–Crippen MR) is 132 cm³/mol. The van der Waals surface area contributed by atoms with Crippen molar-refractivity contribution in [3.63, 3.8) is 0 Å². The molecule has 2 aliphatic rings. The maximum Gasteiger partial charge on any atom is 0.308 e. The van der Waals surface area contributed by atoms with E-state index in [0.717, 1.165) is 18.4 Å². The number of nitrogens with zero attached hydrogens (tertiary/aromatic N) is 4. The summed E-state index contributed by atoms with van der Waals surface area (Å²) in [7, 11) is 0. The smallest absolute Gasteiger partial charge is 0.308 e. The lowest BCUT2D eigenvalue weighted by Gasteiger charge is -2.29. The van der Waals surface area contributed by atoms with Crippen LogP contribution in [0.2, 0.25) is 0 Å². The molecule has 3 heterocycles. The van der Waals surface area contributed by atoms with Crippen LogP contribution in [0, 0.1) is 5.92 Å². The molecule has 1 unspecified atom stereocenters. The highest BCUT2D eigenvalue weighted by molar-refractivity contribution is 5.79. The highest BCUT2D eigenvalue weighted by atomic mass is 16.7. The zero-order chi connectivity index (χ0) is 25.5. The molecule has 4 rings (SSSR count). The van der Waals surface area contributed by atoms with Crippen LogP contribution in [0.1, 0.15) is 44.1 Å². The Labute approximate surface area is 211 Å². The Kier molecular flexibility index (Phi) is 8.82. The lowest BCUT2D eigenvalue weighted by molar-refractivity contribution is -0.144. The van der Waals surface area contributed by atoms with Crippen molar-refractivity contribution in [2.45, 2.75) is 51.1 Å². The first-order chi connectivity index (χ1) is 17.5. The zero-order valence-corrected chi connectivity index (χ0v) is 20.8. The highest BCUT2D eigenvalue weighted by Gasteiger charge is 2.47. The fourth-order valence-corrected chi connectivity index (χ4v) is 5.28. The number of fused-ring (bicyclic) bond motifs is 1. The molecular weight excluding hydrogens is 464 g/mol. The van der Waals surface area contributed by atoms with Gasteiger partial charge in [0.2, 0.25) is 12.7 Å². The van der Waals surface area contributed by atoms with Crippen LogP contribution in [0.3, 0.4) is 0 Å². The van der Waals surface area contributed by atoms with Gasteiger partial charge in [0.15, 0.2) is 11.5 Å². The van der Waals surface area contributed by atoms with Crippen molar-refractivity contribution in [3.05, 3.63) is 42.5 Å². The molecule has 0 aliphatic carbocycles. The van der Waals surface area contributed by atoms with Gasteiger partial charge in [0, 0.05) is 57.1 Å². The molecule has 0 saturated carbocycles. The van der Waals surface area contributed by atoms with Crippen molar-refractivity contribution < 1.29 is 29.3 Å². The van der Waals surface area contributed by atoms with Crippen molar-refractivity contribution in [1.82, 2.24) is 19.4 Å². The summed E-state index contributed by atoms with van der Waals surface area (Å²) in [5, 5.41) is 19.6. The Morgan fingerprint density at radius 3 is 2.72 bits per heavy atom. The molecule has 1 amide bonds. The first kappa shape index (κ1) is 26.0. The number of carboxylic acid groups (broad SMARTS) is 1. The summed E-state index contributed by atoms with van der Waals surface area (Å²) in [6.07, 6.45) is 8.23. The molecule has 10 heteroatoms. The fourth-order valence-electron chi connectivity index (χ4n) is 5.28. The van der Waals surface area contributed by atoms with Crippen molar-refractivity contribution in [1.29, 1.82) is 0 Å². The number of carbonyl (C=O) groups excluding carboxylic acids is 1. The Balaban J connectivity index is 1.58. The molecule has 0 spiro atoms. The number of rotatable bonds is 13. The van der Waals surface area contributed by atoms with E-state index < -0.39 is 11.9 Å². The number of likely N-dealkylation sites (tertiary alicyclic amines) is 1. The van der Waals surface area contributed by atoms with Gasteiger partial charge in [-0.05, 0) is 37.0 Å². The highest BCUT2D eigenvalue weighted by Crippen LogP contribution is 2.42. The average molecular weight is 501 g/mol. The van der Waals surface area contributed by atoms with Crippen molar-refractivity contribution >= 4 is 11.9 Å². The SMILES string of the molecule is CCCCN(CCCO)C(=O)CN1C[C@H](c2ccc3c(c2)OCO3)C(C(=O)O)[C@@H]1CCn1ccnc1. The van der Waals surface area contributed by atoms with Crippen molar-refractivity contribution in [3.8, 4) is 11.5 Å². The number of amides is 1. The second-order valence-corrected chi connectivity index (χ2v) is 9.48. The summed E-state index contributed by atoms with van der Waals surface area (Å²) >= 11 is 0. The van der Waals surface area contributed by atoms with Gasteiger partial charge in [-0.25, -0.2) is 4.98 Å². The topological polar surface area (TPSA) is 117 Å². The maximum atomic E-state index is 13.4. The third kappa shape index (κ3) is 5.99. The Morgan fingerprint density at radius 1 is 1.19 bits per heavy atom. The lowest BCUT2D eigenvalue weighted by atomic mass is 9.84. The van der Waals surface area contributed by atoms with Crippen LogP contribution < -0.4 is 9.47 Å². The van der Waals surface area contributed by atoms with Crippen LogP contribution in [-0.4, -0.2) is 87.1 Å². The Morgan fingerprint density at radius 2 is 2.00 bits per heavy atom. The molecule has 36 heavy (non-hydrogen) atoms. The molecule has 3 atom stereocenters. The standard InChI is InChI=1S/C26H36N4O6/c1-2-3-9-29(10-4-13-31)24(32)16-30-15-20(19-5-6-22-23(14-19)36-18-35-22)25(26(33)34)21(30)7-11-28-12-8-27-17-28/h5-6,8,12,14,17,20-21,25,31H,2-4,7,9-11,13,15-16,18H2,1H3,(H,33,34)/t20-,21+,25?/m1/s1. The number of hydrogen-bond donors (Lipinski definition) is 2. The van der Waals surface area contributed by atoms with Gasteiger partial charge in [0.25, 0.3) is 0 Å². The van der Waals surface area contributed by atoms with Crippen LogP contribution >= 0.6 is 0 Å². The summed E-state index contributed by atoms with van der Waals surface area (Å²) in [6.45, 7) is 4.61. The van der Waals surface area contributed by atoms with E-state index in [0.29, 0.717) is 50.5 Å². The number of aliphatic hydroxyl groups is 1. The summed E-state index contributed by atoms with van der Waals surface area (Å²) in [5.74, 6) is -0.590. The van der Waals surface area contributed by atoms with Gasteiger partial charge in [-0.1, -0.05) is 19.4 Å². The van der Waals surface area contributed by atoms with E-state index in [1.807, 2.05) is 33.9 Å². The Hall–Kier alpha value is -3.11. The summed E-state index contributed by atoms with van der Waals surface area (Å²) in [5.41, 5.74) is 0.873. The second-order valence-electron chi connectivity index (χ2n) is 9.48. The van der Waals surface area contributed by atoms with E-state index in [4.69, 9.17) is 9.47 Å². The molecule has 2 aliphatic heterocycles. The maximum absolute atomic E-state index is 13.4. The van der Waals surface area contributed by atoms with Gasteiger partial charge >= 0.3 is 5.97 Å².